The lowest BCUT2D eigenvalue weighted by Gasteiger charge is -2.41. The molecule has 4 nitrogen and oxygen atoms in total. The summed E-state index contributed by atoms with van der Waals surface area (Å²) in [6.45, 7) is 3.00. The summed E-state index contributed by atoms with van der Waals surface area (Å²) in [4.78, 5) is 2.46. The van der Waals surface area contributed by atoms with Gasteiger partial charge in [-0.25, -0.2) is 0 Å². The maximum absolute atomic E-state index is 10.2. The minimum atomic E-state index is -0.0832. The molecule has 1 aliphatic rings. The number of piperidine rings is 1. The number of likely N-dealkylation sites (tertiary alicyclic amines) is 1. The molecule has 0 spiro atoms. The molecule has 28 heavy (non-hydrogen) atoms. The van der Waals surface area contributed by atoms with E-state index in [4.69, 9.17) is 11.6 Å². The normalized spacial score (nSPS) is 16.9. The van der Waals surface area contributed by atoms with Gasteiger partial charge in [-0.2, -0.15) is 5.10 Å². The van der Waals surface area contributed by atoms with Crippen molar-refractivity contribution in [1.29, 1.82) is 0 Å². The van der Waals surface area contributed by atoms with Crippen molar-refractivity contribution < 1.29 is 5.11 Å². The van der Waals surface area contributed by atoms with Crippen LogP contribution in [0.25, 0.3) is 11.3 Å². The smallest absolute Gasteiger partial charge is 0.0695 e. The number of hydrogen-bond acceptors (Lipinski definition) is 3. The van der Waals surface area contributed by atoms with Crippen molar-refractivity contribution in [2.45, 2.75) is 25.8 Å². The molecule has 2 N–H and O–H groups in total. The van der Waals surface area contributed by atoms with E-state index in [1.165, 1.54) is 5.56 Å². The molecule has 0 bridgehead atoms. The van der Waals surface area contributed by atoms with Crippen molar-refractivity contribution in [1.82, 2.24) is 15.1 Å². The average Bonchev–Trinajstić information content (AvgIpc) is 3.20. The molecule has 146 valence electrons. The molecule has 2 aromatic carbocycles. The number of hydrogen-bond donors (Lipinski definition) is 2. The molecular formula is C23H26ClN3O. The minimum absolute atomic E-state index is 0.0832. The minimum Gasteiger partial charge on any atom is -0.396 e. The molecule has 1 aromatic heterocycles. The van der Waals surface area contributed by atoms with Crippen molar-refractivity contribution >= 4 is 11.6 Å². The first-order chi connectivity index (χ1) is 13.7. The fraction of sp³-hybridized carbons (Fsp3) is 0.348. The Morgan fingerprint density at radius 3 is 2.43 bits per heavy atom. The molecule has 1 saturated heterocycles. The largest absolute Gasteiger partial charge is 0.396 e. The second kappa shape index (κ2) is 8.48. The van der Waals surface area contributed by atoms with Crippen molar-refractivity contribution in [3.05, 3.63) is 76.9 Å². The highest BCUT2D eigenvalue weighted by Gasteiger charge is 2.34. The molecular weight excluding hydrogens is 370 g/mol. The van der Waals surface area contributed by atoms with Gasteiger partial charge in [-0.3, -0.25) is 10.00 Å². The third-order valence-electron chi connectivity index (χ3n) is 5.95. The summed E-state index contributed by atoms with van der Waals surface area (Å²) in [7, 11) is 0. The van der Waals surface area contributed by atoms with Crippen molar-refractivity contribution in [3.8, 4) is 11.3 Å². The van der Waals surface area contributed by atoms with E-state index in [0.29, 0.717) is 0 Å². The standard InChI is InChI=1S/C23H26ClN3O/c24-21-9-5-4-8-19(21)14-23(17-28)10-12-27(13-11-23)16-20-15-25-26-22(20)18-6-2-1-3-7-18/h1-9,15,28H,10-14,16-17H2,(H,25,26). The van der Waals surface area contributed by atoms with Crippen LogP contribution in [0.3, 0.4) is 0 Å². The summed E-state index contributed by atoms with van der Waals surface area (Å²) in [5.41, 5.74) is 4.52. The maximum atomic E-state index is 10.2. The molecule has 2 heterocycles. The molecule has 1 aliphatic heterocycles. The molecule has 0 saturated carbocycles. The van der Waals surface area contributed by atoms with Gasteiger partial charge in [-0.1, -0.05) is 60.1 Å². The molecule has 0 aliphatic carbocycles. The van der Waals surface area contributed by atoms with E-state index in [2.05, 4.69) is 33.3 Å². The van der Waals surface area contributed by atoms with E-state index >= 15 is 0 Å². The lowest BCUT2D eigenvalue weighted by atomic mass is 9.74. The number of aromatic amines is 1. The molecule has 1 fully saturated rings. The highest BCUT2D eigenvalue weighted by atomic mass is 35.5. The Balaban J connectivity index is 1.42. The summed E-state index contributed by atoms with van der Waals surface area (Å²) in [6, 6.07) is 18.3. The highest BCUT2D eigenvalue weighted by Crippen LogP contribution is 2.37. The van der Waals surface area contributed by atoms with Crippen LogP contribution in [0.15, 0.2) is 60.8 Å². The lowest BCUT2D eigenvalue weighted by Crippen LogP contribution is -2.42. The molecule has 0 amide bonds. The number of aromatic nitrogens is 2. The van der Waals surface area contributed by atoms with Crippen LogP contribution in [0.5, 0.6) is 0 Å². The Labute approximate surface area is 171 Å². The predicted octanol–water partition coefficient (Wildman–Crippen LogP) is 4.55. The van der Waals surface area contributed by atoms with E-state index in [1.54, 1.807) is 0 Å². The number of aliphatic hydroxyl groups excluding tert-OH is 1. The Morgan fingerprint density at radius 2 is 1.71 bits per heavy atom. The monoisotopic (exact) mass is 395 g/mol. The predicted molar refractivity (Wildman–Crippen MR) is 113 cm³/mol. The van der Waals surface area contributed by atoms with Gasteiger partial charge in [0.1, 0.15) is 0 Å². The van der Waals surface area contributed by atoms with Crippen LogP contribution in [0.1, 0.15) is 24.0 Å². The number of nitrogens with one attached hydrogen (secondary N) is 1. The van der Waals surface area contributed by atoms with Gasteiger partial charge in [0.15, 0.2) is 0 Å². The average molecular weight is 396 g/mol. The van der Waals surface area contributed by atoms with Crippen LogP contribution in [-0.4, -0.2) is 39.9 Å². The van der Waals surface area contributed by atoms with Gasteiger partial charge in [0.25, 0.3) is 0 Å². The number of aliphatic hydroxyl groups is 1. The van der Waals surface area contributed by atoms with Gasteiger partial charge in [0.2, 0.25) is 0 Å². The van der Waals surface area contributed by atoms with Gasteiger partial charge in [-0.05, 0) is 55.0 Å². The van der Waals surface area contributed by atoms with E-state index in [1.807, 2.05) is 42.6 Å². The number of nitrogens with zero attached hydrogens (tertiary/aromatic N) is 2. The van der Waals surface area contributed by atoms with E-state index in [0.717, 1.165) is 60.7 Å². The number of H-pyrrole nitrogens is 1. The second-order valence-electron chi connectivity index (χ2n) is 7.84. The molecule has 3 aromatic rings. The summed E-state index contributed by atoms with van der Waals surface area (Å²) in [6.07, 6.45) is 4.69. The summed E-state index contributed by atoms with van der Waals surface area (Å²) in [5.74, 6) is 0. The quantitative estimate of drug-likeness (QED) is 0.643. The van der Waals surface area contributed by atoms with E-state index < -0.39 is 0 Å². The number of benzene rings is 2. The van der Waals surface area contributed by atoms with Crippen molar-refractivity contribution in [2.75, 3.05) is 19.7 Å². The first kappa shape index (κ1) is 19.2. The number of rotatable bonds is 6. The zero-order chi connectivity index (χ0) is 19.4. The summed E-state index contributed by atoms with van der Waals surface area (Å²) < 4.78 is 0. The summed E-state index contributed by atoms with van der Waals surface area (Å²) >= 11 is 6.36. The third-order valence-corrected chi connectivity index (χ3v) is 6.32. The molecule has 0 atom stereocenters. The zero-order valence-electron chi connectivity index (χ0n) is 15.9. The highest BCUT2D eigenvalue weighted by molar-refractivity contribution is 6.31. The molecule has 0 radical (unpaired) electrons. The van der Waals surface area contributed by atoms with Crippen molar-refractivity contribution in [2.24, 2.45) is 5.41 Å². The van der Waals surface area contributed by atoms with Crippen LogP contribution < -0.4 is 0 Å². The third kappa shape index (κ3) is 4.14. The fourth-order valence-electron chi connectivity index (χ4n) is 4.15. The van der Waals surface area contributed by atoms with E-state index in [9.17, 15) is 5.11 Å². The first-order valence-corrected chi connectivity index (χ1v) is 10.2. The second-order valence-corrected chi connectivity index (χ2v) is 8.25. The van der Waals surface area contributed by atoms with Gasteiger partial charge < -0.3 is 5.11 Å². The Kier molecular flexibility index (Phi) is 5.81. The Morgan fingerprint density at radius 1 is 1.00 bits per heavy atom. The first-order valence-electron chi connectivity index (χ1n) is 9.83. The van der Waals surface area contributed by atoms with Crippen molar-refractivity contribution in [3.63, 3.8) is 0 Å². The van der Waals surface area contributed by atoms with Crippen LogP contribution in [0.4, 0.5) is 0 Å². The topological polar surface area (TPSA) is 52.1 Å². The fourth-order valence-corrected chi connectivity index (χ4v) is 4.35. The Hall–Kier alpha value is -2.14. The van der Waals surface area contributed by atoms with Crippen LogP contribution >= 0.6 is 11.6 Å². The van der Waals surface area contributed by atoms with Gasteiger partial charge in [0, 0.05) is 23.7 Å². The molecule has 4 rings (SSSR count). The van der Waals surface area contributed by atoms with Crippen LogP contribution in [0.2, 0.25) is 5.02 Å². The van der Waals surface area contributed by atoms with Gasteiger partial charge in [0.05, 0.1) is 11.9 Å². The van der Waals surface area contributed by atoms with Crippen LogP contribution in [-0.2, 0) is 13.0 Å². The zero-order valence-corrected chi connectivity index (χ0v) is 16.7. The Bertz CT molecular complexity index is 901. The van der Waals surface area contributed by atoms with Crippen LogP contribution in [0, 0.1) is 5.41 Å². The molecule has 0 unspecified atom stereocenters. The maximum Gasteiger partial charge on any atom is 0.0695 e. The van der Waals surface area contributed by atoms with Gasteiger partial charge >= 0.3 is 0 Å². The summed E-state index contributed by atoms with van der Waals surface area (Å²) in [5, 5.41) is 18.4. The van der Waals surface area contributed by atoms with Gasteiger partial charge in [-0.15, -0.1) is 0 Å². The molecule has 5 heteroatoms. The SMILES string of the molecule is OCC1(Cc2ccccc2Cl)CCN(Cc2cn[nH]c2-c2ccccc2)CC1. The number of halogens is 1. The lowest BCUT2D eigenvalue weighted by molar-refractivity contribution is 0.0414. The van der Waals surface area contributed by atoms with E-state index in [-0.39, 0.29) is 12.0 Å².